The highest BCUT2D eigenvalue weighted by molar-refractivity contribution is 6.03. The minimum absolute atomic E-state index is 0.0139. The first-order chi connectivity index (χ1) is 20.0. The number of likely N-dealkylation sites (N-methyl/N-ethyl adjacent to an activating group) is 1. The second-order valence-electron chi connectivity index (χ2n) is 11.7. The number of halogens is 2. The number of aliphatic hydroxyl groups is 1. The van der Waals surface area contributed by atoms with Crippen molar-refractivity contribution in [3.05, 3.63) is 95.1 Å². The van der Waals surface area contributed by atoms with Gasteiger partial charge in [0.25, 0.3) is 0 Å². The maximum absolute atomic E-state index is 13.6. The highest BCUT2D eigenvalue weighted by atomic mass is 19.1. The van der Waals surface area contributed by atoms with Crippen molar-refractivity contribution in [2.45, 2.75) is 31.6 Å². The SMILES string of the molecule is C[N+]1(C)CCN(C(=O)OCc2ccc(C3C(CCC(O)c4ccc(F)cc4)C(=O)N3c3ccc(F)cc3)c(O)c2)CC1. The number of anilines is 1. The second kappa shape index (κ2) is 12.1. The normalized spacial score (nSPS) is 20.6. The van der Waals surface area contributed by atoms with Crippen molar-refractivity contribution in [3.63, 3.8) is 0 Å². The number of rotatable bonds is 8. The van der Waals surface area contributed by atoms with Crippen LogP contribution in [0, 0.1) is 17.6 Å². The molecule has 2 saturated heterocycles. The minimum atomic E-state index is -0.894. The number of aromatic hydroxyl groups is 1. The summed E-state index contributed by atoms with van der Waals surface area (Å²) < 4.78 is 33.3. The summed E-state index contributed by atoms with van der Waals surface area (Å²) in [5.74, 6) is -1.66. The fraction of sp³-hybridized carbons (Fsp3) is 0.375. The molecule has 0 bridgehead atoms. The average Bonchev–Trinajstić information content (AvgIpc) is 2.96. The first kappa shape index (κ1) is 29.5. The first-order valence-electron chi connectivity index (χ1n) is 14.1. The Kier molecular flexibility index (Phi) is 8.47. The number of aliphatic hydroxyl groups excluding tert-OH is 1. The first-order valence-corrected chi connectivity index (χ1v) is 14.1. The van der Waals surface area contributed by atoms with Gasteiger partial charge in [-0.1, -0.05) is 24.3 Å². The Morgan fingerprint density at radius 2 is 1.62 bits per heavy atom. The van der Waals surface area contributed by atoms with E-state index in [-0.39, 0.29) is 24.7 Å². The van der Waals surface area contributed by atoms with Gasteiger partial charge < -0.3 is 24.3 Å². The maximum atomic E-state index is 13.6. The van der Waals surface area contributed by atoms with E-state index in [2.05, 4.69) is 14.1 Å². The van der Waals surface area contributed by atoms with Gasteiger partial charge in [-0.3, -0.25) is 9.69 Å². The van der Waals surface area contributed by atoms with Crippen LogP contribution in [0.1, 0.15) is 41.7 Å². The van der Waals surface area contributed by atoms with Crippen molar-refractivity contribution in [3.8, 4) is 5.75 Å². The molecule has 0 aliphatic carbocycles. The summed E-state index contributed by atoms with van der Waals surface area (Å²) in [6.45, 7) is 2.90. The Hall–Kier alpha value is -4.02. The molecule has 2 fully saturated rings. The molecule has 0 saturated carbocycles. The van der Waals surface area contributed by atoms with Crippen LogP contribution in [0.4, 0.5) is 19.3 Å². The monoisotopic (exact) mass is 580 g/mol. The molecule has 42 heavy (non-hydrogen) atoms. The van der Waals surface area contributed by atoms with E-state index in [4.69, 9.17) is 4.74 Å². The number of carbonyl (C=O) groups is 2. The lowest BCUT2D eigenvalue weighted by Gasteiger charge is -2.48. The van der Waals surface area contributed by atoms with Gasteiger partial charge in [0.2, 0.25) is 5.91 Å². The van der Waals surface area contributed by atoms with Crippen molar-refractivity contribution in [2.24, 2.45) is 5.92 Å². The summed E-state index contributed by atoms with van der Waals surface area (Å²) in [5.41, 5.74) is 2.12. The Morgan fingerprint density at radius 3 is 2.24 bits per heavy atom. The lowest BCUT2D eigenvalue weighted by atomic mass is 9.77. The zero-order chi connectivity index (χ0) is 30.0. The van der Waals surface area contributed by atoms with E-state index in [1.165, 1.54) is 59.5 Å². The van der Waals surface area contributed by atoms with Crippen molar-refractivity contribution >= 4 is 17.7 Å². The number of carbonyl (C=O) groups excluding carboxylic acids is 2. The number of piperazine rings is 1. The van der Waals surface area contributed by atoms with Gasteiger partial charge in [-0.05, 0) is 66.4 Å². The predicted octanol–water partition coefficient (Wildman–Crippen LogP) is 4.92. The summed E-state index contributed by atoms with van der Waals surface area (Å²) in [7, 11) is 4.25. The maximum Gasteiger partial charge on any atom is 0.410 e. The predicted molar refractivity (Wildman–Crippen MR) is 152 cm³/mol. The van der Waals surface area contributed by atoms with E-state index in [1.807, 2.05) is 0 Å². The Balaban J connectivity index is 1.30. The zero-order valence-electron chi connectivity index (χ0n) is 23.7. The van der Waals surface area contributed by atoms with Crippen molar-refractivity contribution in [1.29, 1.82) is 0 Å². The molecule has 8 nitrogen and oxygen atoms in total. The molecule has 2 heterocycles. The standard InChI is InChI=1S/C32H35F2N3O5/c1-37(2)17-15-35(16-18-37)32(41)42-20-21-3-12-26(29(39)19-21)30-27(13-14-28(38)22-4-6-23(33)7-5-22)31(40)36(30)25-10-8-24(34)9-11-25/h3-12,19,27-28,30,38H,13-18,20H2,1-2H3/p+1. The molecule has 2 amide bonds. The number of hydrogen-bond acceptors (Lipinski definition) is 5. The highest BCUT2D eigenvalue weighted by Gasteiger charge is 2.49. The van der Waals surface area contributed by atoms with E-state index in [0.717, 1.165) is 17.6 Å². The smallest absolute Gasteiger partial charge is 0.410 e. The molecule has 3 aromatic rings. The van der Waals surface area contributed by atoms with Crippen molar-refractivity contribution in [2.75, 3.05) is 45.2 Å². The molecule has 2 N–H and O–H groups in total. The van der Waals surface area contributed by atoms with Crippen LogP contribution in [0.5, 0.6) is 5.75 Å². The van der Waals surface area contributed by atoms with Crippen LogP contribution in [-0.4, -0.2) is 71.9 Å². The van der Waals surface area contributed by atoms with Crippen LogP contribution in [0.3, 0.4) is 0 Å². The topological polar surface area (TPSA) is 90.3 Å². The van der Waals surface area contributed by atoms with Crippen LogP contribution in [0.15, 0.2) is 66.7 Å². The van der Waals surface area contributed by atoms with Gasteiger partial charge in [-0.2, -0.15) is 0 Å². The van der Waals surface area contributed by atoms with Crippen molar-refractivity contribution in [1.82, 2.24) is 4.90 Å². The molecule has 3 atom stereocenters. The Bertz CT molecular complexity index is 1420. The number of phenolic OH excluding ortho intramolecular Hbond substituents is 1. The third-order valence-electron chi connectivity index (χ3n) is 8.31. The van der Waals surface area contributed by atoms with Gasteiger partial charge in [0.05, 0.1) is 58.3 Å². The molecule has 222 valence electrons. The van der Waals surface area contributed by atoms with Gasteiger partial charge >= 0.3 is 6.09 Å². The molecule has 0 radical (unpaired) electrons. The summed E-state index contributed by atoms with van der Waals surface area (Å²) in [6.07, 6.45) is -0.735. The van der Waals surface area contributed by atoms with Crippen LogP contribution >= 0.6 is 0 Å². The van der Waals surface area contributed by atoms with Gasteiger partial charge in [-0.25, -0.2) is 13.6 Å². The molecule has 10 heteroatoms. The van der Waals surface area contributed by atoms with E-state index in [1.54, 1.807) is 17.0 Å². The number of β-lactam (4-membered cyclic amide) rings is 1. The fourth-order valence-electron chi connectivity index (χ4n) is 5.62. The molecule has 2 aliphatic rings. The third kappa shape index (κ3) is 6.39. The fourth-order valence-corrected chi connectivity index (χ4v) is 5.62. The number of nitrogens with zero attached hydrogens (tertiary/aromatic N) is 3. The third-order valence-corrected chi connectivity index (χ3v) is 8.31. The quantitative estimate of drug-likeness (QED) is 0.292. The summed E-state index contributed by atoms with van der Waals surface area (Å²) in [4.78, 5) is 29.1. The van der Waals surface area contributed by atoms with E-state index < -0.39 is 35.8 Å². The number of phenols is 1. The molecule has 0 aromatic heterocycles. The molecule has 0 spiro atoms. The number of amides is 2. The molecule has 3 aromatic carbocycles. The Morgan fingerprint density at radius 1 is 1.00 bits per heavy atom. The van der Waals surface area contributed by atoms with Crippen LogP contribution < -0.4 is 4.90 Å². The second-order valence-corrected chi connectivity index (χ2v) is 11.7. The van der Waals surface area contributed by atoms with Gasteiger partial charge in [-0.15, -0.1) is 0 Å². The summed E-state index contributed by atoms with van der Waals surface area (Å²) in [5, 5.41) is 21.7. The largest absolute Gasteiger partial charge is 0.508 e. The molecular weight excluding hydrogens is 544 g/mol. The molecular formula is C32H36F2N3O5+. The van der Waals surface area contributed by atoms with E-state index in [0.29, 0.717) is 41.9 Å². The number of quaternary nitrogens is 1. The summed E-state index contributed by atoms with van der Waals surface area (Å²) in [6, 6.07) is 15.5. The van der Waals surface area contributed by atoms with Gasteiger partial charge in [0.1, 0.15) is 24.0 Å². The number of benzene rings is 3. The van der Waals surface area contributed by atoms with Gasteiger partial charge in [0.15, 0.2) is 0 Å². The molecule has 5 rings (SSSR count). The minimum Gasteiger partial charge on any atom is -0.508 e. The van der Waals surface area contributed by atoms with Crippen molar-refractivity contribution < 1.29 is 37.8 Å². The molecule has 2 aliphatic heterocycles. The number of ether oxygens (including phenoxy) is 1. The summed E-state index contributed by atoms with van der Waals surface area (Å²) >= 11 is 0. The molecule has 3 unspecified atom stereocenters. The number of hydrogen-bond donors (Lipinski definition) is 2. The van der Waals surface area contributed by atoms with Gasteiger partial charge in [0, 0.05) is 11.3 Å². The van der Waals surface area contributed by atoms with Crippen LogP contribution in [0.2, 0.25) is 0 Å². The zero-order valence-corrected chi connectivity index (χ0v) is 23.7. The lowest BCUT2D eigenvalue weighted by molar-refractivity contribution is -0.894. The highest BCUT2D eigenvalue weighted by Crippen LogP contribution is 2.48. The van der Waals surface area contributed by atoms with Crippen LogP contribution in [0.25, 0.3) is 0 Å². The van der Waals surface area contributed by atoms with Crippen LogP contribution in [-0.2, 0) is 16.1 Å². The Labute approximate surface area is 243 Å². The average molecular weight is 581 g/mol. The lowest BCUT2D eigenvalue weighted by Crippen LogP contribution is -2.56. The van der Waals surface area contributed by atoms with E-state index in [9.17, 15) is 28.6 Å². The van der Waals surface area contributed by atoms with E-state index >= 15 is 0 Å².